The van der Waals surface area contributed by atoms with E-state index in [1.165, 1.54) is 24.3 Å². The summed E-state index contributed by atoms with van der Waals surface area (Å²) < 4.78 is 54.0. The van der Waals surface area contributed by atoms with Gasteiger partial charge in [0.05, 0.1) is 4.90 Å². The van der Waals surface area contributed by atoms with Crippen LogP contribution in [0.2, 0.25) is 0 Å². The molecule has 2 aromatic carbocycles. The van der Waals surface area contributed by atoms with Crippen molar-refractivity contribution in [2.75, 3.05) is 0 Å². The second-order valence-corrected chi connectivity index (χ2v) is 8.68. The van der Waals surface area contributed by atoms with Gasteiger partial charge in [0.25, 0.3) is 10.1 Å². The van der Waals surface area contributed by atoms with Gasteiger partial charge in [-0.15, -0.1) is 0 Å². The number of fused-ring (bicyclic) bond motifs is 2. The fourth-order valence-electron chi connectivity index (χ4n) is 3.46. The van der Waals surface area contributed by atoms with Crippen LogP contribution >= 0.6 is 0 Å². The number of benzene rings is 2. The van der Waals surface area contributed by atoms with Gasteiger partial charge in [0.2, 0.25) is 0 Å². The average Bonchev–Trinajstić information content (AvgIpc) is 3.11. The molecule has 2 aliphatic carbocycles. The molecule has 7 nitrogen and oxygen atoms in total. The van der Waals surface area contributed by atoms with Gasteiger partial charge >= 0.3 is 0 Å². The Hall–Kier alpha value is -2.46. The van der Waals surface area contributed by atoms with Crippen molar-refractivity contribution >= 4 is 32.8 Å². The molecule has 4 rings (SSSR count). The first-order chi connectivity index (χ1) is 12.7. The summed E-state index contributed by atoms with van der Waals surface area (Å²) in [5.41, 5.74) is 2.15. The average molecular weight is 403 g/mol. The van der Waals surface area contributed by atoms with E-state index in [1.807, 2.05) is 0 Å². The Morgan fingerprint density at radius 3 is 1.93 bits per heavy atom. The van der Waals surface area contributed by atoms with E-state index in [0.717, 1.165) is 6.07 Å². The van der Waals surface area contributed by atoms with Crippen molar-refractivity contribution in [2.24, 2.45) is 0 Å². The van der Waals surface area contributed by atoms with Gasteiger partial charge in [0, 0.05) is 40.0 Å². The van der Waals surface area contributed by atoms with Gasteiger partial charge in [-0.3, -0.25) is 18.4 Å². The number of ketones is 2. The molecule has 138 valence electrons. The SMILES string of the molecule is O=C1/C(=C2\Cc3ccc(S(=O)(=O)O)cc3C2=O)Cc2ccc(S(=O)[O-])cc21. The molecule has 0 heterocycles. The van der Waals surface area contributed by atoms with Crippen LogP contribution < -0.4 is 0 Å². The Morgan fingerprint density at radius 2 is 1.41 bits per heavy atom. The highest BCUT2D eigenvalue weighted by molar-refractivity contribution is 7.85. The lowest BCUT2D eigenvalue weighted by molar-refractivity contribution is 0.100. The summed E-state index contributed by atoms with van der Waals surface area (Å²) in [4.78, 5) is 25.1. The van der Waals surface area contributed by atoms with Crippen LogP contribution in [-0.2, 0) is 34.0 Å². The summed E-state index contributed by atoms with van der Waals surface area (Å²) in [6.45, 7) is 0. The molecule has 0 spiro atoms. The molecule has 0 aromatic heterocycles. The summed E-state index contributed by atoms with van der Waals surface area (Å²) in [5.74, 6) is -0.859. The number of carbonyl (C=O) groups excluding carboxylic acids is 2. The Bertz CT molecular complexity index is 1210. The second-order valence-electron chi connectivity index (χ2n) is 6.32. The van der Waals surface area contributed by atoms with Crippen LogP contribution in [0.1, 0.15) is 31.8 Å². The summed E-state index contributed by atoms with van der Waals surface area (Å²) in [6, 6.07) is 7.98. The Kier molecular flexibility index (Phi) is 4.00. The monoisotopic (exact) mass is 403 g/mol. The Labute approximate surface area is 156 Å². The van der Waals surface area contributed by atoms with E-state index in [4.69, 9.17) is 4.55 Å². The molecule has 0 radical (unpaired) electrons. The van der Waals surface area contributed by atoms with Gasteiger partial charge < -0.3 is 4.55 Å². The van der Waals surface area contributed by atoms with E-state index in [0.29, 0.717) is 11.1 Å². The van der Waals surface area contributed by atoms with Gasteiger partial charge in [-0.25, -0.2) is 0 Å². The van der Waals surface area contributed by atoms with Crippen molar-refractivity contribution in [2.45, 2.75) is 22.6 Å². The maximum Gasteiger partial charge on any atom is 0.294 e. The third-order valence-corrected chi connectivity index (χ3v) is 6.28. The fourth-order valence-corrected chi connectivity index (χ4v) is 4.36. The standard InChI is InChI=1S/C18H12O7S2/c19-17-13-7-11(26(21)22)3-1-9(13)5-15(17)16-6-10-2-4-12(27(23,24)25)8-14(10)18(16)20/h1-4,7-8H,5-6H2,(H,21,22)(H,23,24,25)/p-1/b16-15+. The smallest absolute Gasteiger partial charge is 0.294 e. The highest BCUT2D eigenvalue weighted by Gasteiger charge is 2.35. The highest BCUT2D eigenvalue weighted by atomic mass is 32.2. The van der Waals surface area contributed by atoms with Crippen molar-refractivity contribution in [3.63, 3.8) is 0 Å². The summed E-state index contributed by atoms with van der Waals surface area (Å²) >= 11 is -2.47. The Morgan fingerprint density at radius 1 is 0.889 bits per heavy atom. The zero-order valence-corrected chi connectivity index (χ0v) is 15.2. The molecule has 1 unspecified atom stereocenters. The van der Waals surface area contributed by atoms with Gasteiger partial charge in [-0.2, -0.15) is 8.42 Å². The molecule has 9 heteroatoms. The first-order valence-electron chi connectivity index (χ1n) is 7.81. The number of rotatable bonds is 2. The predicted molar refractivity (Wildman–Crippen MR) is 93.0 cm³/mol. The summed E-state index contributed by atoms with van der Waals surface area (Å²) in [5, 5.41) is 0. The lowest BCUT2D eigenvalue weighted by Crippen LogP contribution is -2.06. The molecular weight excluding hydrogens is 392 g/mol. The number of allylic oxidation sites excluding steroid dienone is 2. The van der Waals surface area contributed by atoms with Crippen molar-refractivity contribution < 1.29 is 31.3 Å². The molecular formula is C18H11O7S2-. The molecule has 0 saturated heterocycles. The van der Waals surface area contributed by atoms with E-state index in [2.05, 4.69) is 0 Å². The van der Waals surface area contributed by atoms with Crippen LogP contribution in [0, 0.1) is 0 Å². The summed E-state index contributed by atoms with van der Waals surface area (Å²) in [7, 11) is -4.45. The lowest BCUT2D eigenvalue weighted by atomic mass is 10.0. The first kappa shape index (κ1) is 17.9. The van der Waals surface area contributed by atoms with Crippen LogP contribution in [0.5, 0.6) is 0 Å². The number of hydrogen-bond donors (Lipinski definition) is 1. The van der Waals surface area contributed by atoms with E-state index < -0.39 is 32.8 Å². The van der Waals surface area contributed by atoms with Crippen molar-refractivity contribution in [3.05, 3.63) is 69.8 Å². The molecule has 1 atom stereocenters. The predicted octanol–water partition coefficient (Wildman–Crippen LogP) is 1.65. The van der Waals surface area contributed by atoms with Gasteiger partial charge in [-0.05, 0) is 46.5 Å². The zero-order valence-electron chi connectivity index (χ0n) is 13.6. The van der Waals surface area contributed by atoms with E-state index in [9.17, 15) is 26.8 Å². The molecule has 2 aliphatic rings. The minimum absolute atomic E-state index is 0.00724. The second kappa shape index (κ2) is 6.03. The van der Waals surface area contributed by atoms with Crippen LogP contribution in [0.25, 0.3) is 0 Å². The summed E-state index contributed by atoms with van der Waals surface area (Å²) in [6.07, 6.45) is 0.384. The maximum absolute atomic E-state index is 12.7. The minimum Gasteiger partial charge on any atom is -0.768 e. The van der Waals surface area contributed by atoms with Gasteiger partial charge in [0.15, 0.2) is 11.6 Å². The van der Waals surface area contributed by atoms with Gasteiger partial charge in [-0.1, -0.05) is 12.1 Å². The topological polar surface area (TPSA) is 129 Å². The number of carbonyl (C=O) groups is 2. The van der Waals surface area contributed by atoms with Crippen LogP contribution in [-0.4, -0.2) is 33.3 Å². The fraction of sp³-hybridized carbons (Fsp3) is 0.111. The van der Waals surface area contributed by atoms with Gasteiger partial charge in [0.1, 0.15) is 0 Å². The van der Waals surface area contributed by atoms with E-state index in [-0.39, 0.29) is 44.9 Å². The molecule has 0 amide bonds. The third kappa shape index (κ3) is 2.88. The molecule has 0 saturated carbocycles. The zero-order chi connectivity index (χ0) is 19.5. The quantitative estimate of drug-likeness (QED) is 0.458. The minimum atomic E-state index is -4.45. The third-order valence-electron chi connectivity index (χ3n) is 4.79. The van der Waals surface area contributed by atoms with Crippen LogP contribution in [0.4, 0.5) is 0 Å². The Balaban J connectivity index is 1.78. The largest absolute Gasteiger partial charge is 0.768 e. The van der Waals surface area contributed by atoms with Crippen molar-refractivity contribution in [3.8, 4) is 0 Å². The molecule has 0 fully saturated rings. The highest BCUT2D eigenvalue weighted by Crippen LogP contribution is 2.36. The van der Waals surface area contributed by atoms with E-state index in [1.54, 1.807) is 6.07 Å². The van der Waals surface area contributed by atoms with Crippen LogP contribution in [0.15, 0.2) is 57.3 Å². The maximum atomic E-state index is 12.7. The van der Waals surface area contributed by atoms with Crippen molar-refractivity contribution in [1.82, 2.24) is 0 Å². The number of hydrogen-bond acceptors (Lipinski definition) is 6. The number of Topliss-reactive ketones (excluding diaryl/α,β-unsaturated/α-hetero) is 2. The molecule has 27 heavy (non-hydrogen) atoms. The first-order valence-corrected chi connectivity index (χ1v) is 10.3. The molecule has 1 N–H and O–H groups in total. The molecule has 0 bridgehead atoms. The molecule has 2 aromatic rings. The van der Waals surface area contributed by atoms with Crippen LogP contribution in [0.3, 0.4) is 0 Å². The molecule has 0 aliphatic heterocycles. The lowest BCUT2D eigenvalue weighted by Gasteiger charge is -2.06. The van der Waals surface area contributed by atoms with E-state index >= 15 is 0 Å². The van der Waals surface area contributed by atoms with Crippen molar-refractivity contribution in [1.29, 1.82) is 0 Å². The normalized spacial score (nSPS) is 19.9.